The summed E-state index contributed by atoms with van der Waals surface area (Å²) in [5.74, 6) is -0.462. The normalized spacial score (nSPS) is 21.7. The largest absolute Gasteiger partial charge is 0.343 e. The molecule has 0 radical (unpaired) electrons. The van der Waals surface area contributed by atoms with Gasteiger partial charge in [0.2, 0.25) is 17.7 Å². The van der Waals surface area contributed by atoms with Gasteiger partial charge >= 0.3 is 0 Å². The predicted octanol–water partition coefficient (Wildman–Crippen LogP) is -0.808. The van der Waals surface area contributed by atoms with Gasteiger partial charge in [0.25, 0.3) is 0 Å². The fourth-order valence-electron chi connectivity index (χ4n) is 2.62. The molecule has 2 aliphatic heterocycles. The van der Waals surface area contributed by atoms with Crippen LogP contribution in [-0.2, 0) is 14.4 Å². The van der Waals surface area contributed by atoms with Gasteiger partial charge in [-0.2, -0.15) is 5.26 Å². The van der Waals surface area contributed by atoms with Crippen LogP contribution in [0.15, 0.2) is 0 Å². The van der Waals surface area contributed by atoms with Gasteiger partial charge in [0.15, 0.2) is 0 Å². The third kappa shape index (κ3) is 2.74. The van der Waals surface area contributed by atoms with Crippen LogP contribution in [0.3, 0.4) is 0 Å². The second-order valence-corrected chi connectivity index (χ2v) is 5.16. The molecule has 2 aliphatic rings. The highest BCUT2D eigenvalue weighted by Crippen LogP contribution is 2.23. The van der Waals surface area contributed by atoms with E-state index in [0.717, 1.165) is 6.42 Å². The van der Waals surface area contributed by atoms with E-state index in [2.05, 4.69) is 0 Å². The first-order chi connectivity index (χ1) is 9.54. The molecule has 0 saturated carbocycles. The number of nitriles is 1. The van der Waals surface area contributed by atoms with Crippen LogP contribution in [0.2, 0.25) is 0 Å². The second-order valence-electron chi connectivity index (χ2n) is 5.16. The Labute approximate surface area is 117 Å². The molecule has 1 unspecified atom stereocenters. The van der Waals surface area contributed by atoms with Gasteiger partial charge in [-0.1, -0.05) is 0 Å². The third-order valence-corrected chi connectivity index (χ3v) is 3.81. The molecule has 0 N–H and O–H groups in total. The highest BCUT2D eigenvalue weighted by molar-refractivity contribution is 5.97. The van der Waals surface area contributed by atoms with Crippen molar-refractivity contribution in [2.45, 2.75) is 25.3 Å². The van der Waals surface area contributed by atoms with Crippen LogP contribution in [0.25, 0.3) is 0 Å². The minimum Gasteiger partial charge on any atom is -0.343 e. The molecule has 108 valence electrons. The van der Waals surface area contributed by atoms with Crippen molar-refractivity contribution in [3.63, 3.8) is 0 Å². The van der Waals surface area contributed by atoms with Gasteiger partial charge in [-0.25, -0.2) is 0 Å². The highest BCUT2D eigenvalue weighted by Gasteiger charge is 2.42. The number of nitrogens with zero attached hydrogens (tertiary/aromatic N) is 4. The second kappa shape index (κ2) is 5.90. The molecular formula is C13H18N4O3. The standard InChI is InChI=1S/C13H18N4O3/c1-15(6-3-5-14)11(18)8-16-9-12(19)17-7-2-4-10(17)13(16)20/h10H,2-4,6-9H2,1H3. The zero-order valence-corrected chi connectivity index (χ0v) is 11.5. The Kier molecular flexibility index (Phi) is 4.23. The summed E-state index contributed by atoms with van der Waals surface area (Å²) in [6, 6.07) is 1.59. The van der Waals surface area contributed by atoms with Crippen LogP contribution in [0.5, 0.6) is 0 Å². The van der Waals surface area contributed by atoms with Gasteiger partial charge in [-0.05, 0) is 12.8 Å². The molecular weight excluding hydrogens is 260 g/mol. The Morgan fingerprint density at radius 1 is 1.50 bits per heavy atom. The van der Waals surface area contributed by atoms with Crippen molar-refractivity contribution in [1.29, 1.82) is 5.26 Å². The molecule has 7 heteroatoms. The molecule has 0 aromatic rings. The van der Waals surface area contributed by atoms with Crippen molar-refractivity contribution in [3.05, 3.63) is 0 Å². The Balaban J connectivity index is 1.96. The third-order valence-electron chi connectivity index (χ3n) is 3.81. The maximum atomic E-state index is 12.2. The first-order valence-electron chi connectivity index (χ1n) is 6.73. The molecule has 7 nitrogen and oxygen atoms in total. The molecule has 20 heavy (non-hydrogen) atoms. The number of rotatable bonds is 4. The number of piperazine rings is 1. The lowest BCUT2D eigenvalue weighted by molar-refractivity contribution is -0.155. The number of carbonyl (C=O) groups excluding carboxylic acids is 3. The molecule has 2 heterocycles. The Morgan fingerprint density at radius 3 is 2.95 bits per heavy atom. The van der Waals surface area contributed by atoms with Gasteiger partial charge in [-0.3, -0.25) is 14.4 Å². The maximum absolute atomic E-state index is 12.2. The van der Waals surface area contributed by atoms with E-state index in [1.807, 2.05) is 6.07 Å². The summed E-state index contributed by atoms with van der Waals surface area (Å²) >= 11 is 0. The van der Waals surface area contributed by atoms with E-state index in [-0.39, 0.29) is 43.3 Å². The van der Waals surface area contributed by atoms with Crippen LogP contribution >= 0.6 is 0 Å². The van der Waals surface area contributed by atoms with Crippen LogP contribution in [0.1, 0.15) is 19.3 Å². The summed E-state index contributed by atoms with van der Waals surface area (Å²) in [4.78, 5) is 40.5. The van der Waals surface area contributed by atoms with E-state index < -0.39 is 0 Å². The SMILES string of the molecule is CN(CCC#N)C(=O)CN1CC(=O)N2CCCC2C1=O. The zero-order chi connectivity index (χ0) is 14.7. The lowest BCUT2D eigenvalue weighted by Crippen LogP contribution is -2.59. The minimum atomic E-state index is -0.381. The lowest BCUT2D eigenvalue weighted by atomic mass is 10.1. The average molecular weight is 278 g/mol. The van der Waals surface area contributed by atoms with Crippen LogP contribution < -0.4 is 0 Å². The van der Waals surface area contributed by atoms with E-state index in [4.69, 9.17) is 5.26 Å². The summed E-state index contributed by atoms with van der Waals surface area (Å²) in [7, 11) is 1.60. The van der Waals surface area contributed by atoms with Crippen LogP contribution in [-0.4, -0.2) is 71.7 Å². The summed E-state index contributed by atoms with van der Waals surface area (Å²) < 4.78 is 0. The van der Waals surface area contributed by atoms with Crippen molar-refractivity contribution in [2.24, 2.45) is 0 Å². The summed E-state index contributed by atoms with van der Waals surface area (Å²) in [5, 5.41) is 8.50. The minimum absolute atomic E-state index is 0.0207. The number of hydrogen-bond donors (Lipinski definition) is 0. The van der Waals surface area contributed by atoms with Gasteiger partial charge in [0, 0.05) is 20.1 Å². The van der Waals surface area contributed by atoms with Gasteiger partial charge < -0.3 is 14.7 Å². The summed E-state index contributed by atoms with van der Waals surface area (Å²) in [5.41, 5.74) is 0. The molecule has 0 spiro atoms. The number of likely N-dealkylation sites (N-methyl/N-ethyl adjacent to an activating group) is 1. The molecule has 0 aromatic carbocycles. The maximum Gasteiger partial charge on any atom is 0.246 e. The summed E-state index contributed by atoms with van der Waals surface area (Å²) in [6.45, 7) is 0.865. The number of carbonyl (C=O) groups is 3. The topological polar surface area (TPSA) is 84.7 Å². The lowest BCUT2D eigenvalue weighted by Gasteiger charge is -2.36. The smallest absolute Gasteiger partial charge is 0.246 e. The Bertz CT molecular complexity index is 471. The fourth-order valence-corrected chi connectivity index (χ4v) is 2.62. The van der Waals surface area contributed by atoms with Gasteiger partial charge in [0.05, 0.1) is 12.5 Å². The Morgan fingerprint density at radius 2 is 2.25 bits per heavy atom. The van der Waals surface area contributed by atoms with Crippen molar-refractivity contribution in [3.8, 4) is 6.07 Å². The highest BCUT2D eigenvalue weighted by atomic mass is 16.2. The summed E-state index contributed by atoms with van der Waals surface area (Å²) in [6.07, 6.45) is 1.77. The average Bonchev–Trinajstić information content (AvgIpc) is 2.91. The monoisotopic (exact) mass is 278 g/mol. The van der Waals surface area contributed by atoms with Gasteiger partial charge in [-0.15, -0.1) is 0 Å². The molecule has 2 saturated heterocycles. The van der Waals surface area contributed by atoms with E-state index in [1.54, 1.807) is 11.9 Å². The number of hydrogen-bond acceptors (Lipinski definition) is 4. The van der Waals surface area contributed by atoms with E-state index in [0.29, 0.717) is 19.5 Å². The van der Waals surface area contributed by atoms with Crippen molar-refractivity contribution in [2.75, 3.05) is 33.2 Å². The van der Waals surface area contributed by atoms with Crippen molar-refractivity contribution >= 4 is 17.7 Å². The van der Waals surface area contributed by atoms with E-state index in [1.165, 1.54) is 9.80 Å². The first kappa shape index (κ1) is 14.3. The molecule has 1 atom stereocenters. The fraction of sp³-hybridized carbons (Fsp3) is 0.692. The van der Waals surface area contributed by atoms with Crippen LogP contribution in [0.4, 0.5) is 0 Å². The Hall–Kier alpha value is -2.10. The van der Waals surface area contributed by atoms with E-state index >= 15 is 0 Å². The van der Waals surface area contributed by atoms with Crippen molar-refractivity contribution < 1.29 is 14.4 Å². The molecule has 0 aliphatic carbocycles. The number of amides is 3. The quantitative estimate of drug-likeness (QED) is 0.673. The molecule has 0 bridgehead atoms. The predicted molar refractivity (Wildman–Crippen MR) is 69.2 cm³/mol. The molecule has 0 aromatic heterocycles. The van der Waals surface area contributed by atoms with E-state index in [9.17, 15) is 14.4 Å². The number of fused-ring (bicyclic) bond motifs is 1. The molecule has 2 rings (SSSR count). The molecule has 3 amide bonds. The zero-order valence-electron chi connectivity index (χ0n) is 11.5. The molecule has 2 fully saturated rings. The first-order valence-corrected chi connectivity index (χ1v) is 6.73. The van der Waals surface area contributed by atoms with Crippen molar-refractivity contribution in [1.82, 2.24) is 14.7 Å². The van der Waals surface area contributed by atoms with Gasteiger partial charge in [0.1, 0.15) is 19.1 Å². The van der Waals surface area contributed by atoms with Crippen LogP contribution in [0, 0.1) is 11.3 Å².